The maximum absolute atomic E-state index is 14.3. The van der Waals surface area contributed by atoms with Crippen LogP contribution in [-0.4, -0.2) is 11.8 Å². The van der Waals surface area contributed by atoms with Crippen LogP contribution in [0.5, 0.6) is 0 Å². The van der Waals surface area contributed by atoms with Crippen molar-refractivity contribution in [2.24, 2.45) is 0 Å². The highest BCUT2D eigenvalue weighted by Gasteiger charge is 2.30. The standard InChI is InChI=1S/C17H16FNO/c1-11-10-13-6-3-4-9-16(13)19(11)17-14(12(2)20)7-5-8-15(17)18/h3-9,11H,10H2,1-2H3. The molecule has 2 nitrogen and oxygen atoms in total. The van der Waals surface area contributed by atoms with E-state index < -0.39 is 0 Å². The molecule has 0 aliphatic carbocycles. The van der Waals surface area contributed by atoms with Crippen molar-refractivity contribution in [1.29, 1.82) is 0 Å². The first-order valence-electron chi connectivity index (χ1n) is 6.76. The minimum Gasteiger partial charge on any atom is -0.335 e. The van der Waals surface area contributed by atoms with Gasteiger partial charge >= 0.3 is 0 Å². The zero-order valence-corrected chi connectivity index (χ0v) is 11.6. The van der Waals surface area contributed by atoms with Crippen molar-refractivity contribution in [1.82, 2.24) is 0 Å². The maximum Gasteiger partial charge on any atom is 0.162 e. The summed E-state index contributed by atoms with van der Waals surface area (Å²) in [7, 11) is 0. The molecule has 2 aromatic carbocycles. The van der Waals surface area contributed by atoms with E-state index in [4.69, 9.17) is 0 Å². The molecule has 20 heavy (non-hydrogen) atoms. The van der Waals surface area contributed by atoms with Gasteiger partial charge in [-0.05, 0) is 44.0 Å². The van der Waals surface area contributed by atoms with E-state index in [0.717, 1.165) is 12.1 Å². The Hall–Kier alpha value is -2.16. The number of ketones is 1. The van der Waals surface area contributed by atoms with Gasteiger partial charge in [0.25, 0.3) is 0 Å². The Morgan fingerprint density at radius 1 is 1.20 bits per heavy atom. The molecule has 0 aromatic heterocycles. The summed E-state index contributed by atoms with van der Waals surface area (Å²) in [6.07, 6.45) is 0.863. The van der Waals surface area contributed by atoms with Crippen molar-refractivity contribution in [3.8, 4) is 0 Å². The van der Waals surface area contributed by atoms with E-state index in [1.807, 2.05) is 23.1 Å². The van der Waals surface area contributed by atoms with E-state index in [1.165, 1.54) is 18.6 Å². The number of para-hydroxylation sites is 2. The summed E-state index contributed by atoms with van der Waals surface area (Å²) in [4.78, 5) is 13.7. The first-order chi connectivity index (χ1) is 9.59. The summed E-state index contributed by atoms with van der Waals surface area (Å²) in [5.74, 6) is -0.461. The van der Waals surface area contributed by atoms with Crippen molar-refractivity contribution < 1.29 is 9.18 Å². The second-order valence-electron chi connectivity index (χ2n) is 5.24. The Bertz CT molecular complexity index is 680. The molecular weight excluding hydrogens is 253 g/mol. The smallest absolute Gasteiger partial charge is 0.162 e. The first-order valence-corrected chi connectivity index (χ1v) is 6.76. The first kappa shape index (κ1) is 12.9. The predicted molar refractivity (Wildman–Crippen MR) is 78.2 cm³/mol. The average molecular weight is 269 g/mol. The lowest BCUT2D eigenvalue weighted by atomic mass is 10.1. The number of Topliss-reactive ketones (excluding diaryl/α,β-unsaturated/α-hetero) is 1. The number of halogens is 1. The van der Waals surface area contributed by atoms with Crippen LogP contribution in [-0.2, 0) is 6.42 Å². The Morgan fingerprint density at radius 3 is 2.70 bits per heavy atom. The van der Waals surface area contributed by atoms with Crippen LogP contribution < -0.4 is 4.90 Å². The molecule has 0 bridgehead atoms. The number of anilines is 2. The molecule has 0 amide bonds. The number of fused-ring (bicyclic) bond motifs is 1. The van der Waals surface area contributed by atoms with Gasteiger partial charge in [-0.25, -0.2) is 4.39 Å². The van der Waals surface area contributed by atoms with Gasteiger partial charge in [-0.3, -0.25) is 4.79 Å². The van der Waals surface area contributed by atoms with Crippen LogP contribution in [0.1, 0.15) is 29.8 Å². The van der Waals surface area contributed by atoms with Gasteiger partial charge in [-0.1, -0.05) is 24.3 Å². The van der Waals surface area contributed by atoms with Gasteiger partial charge < -0.3 is 4.90 Å². The molecule has 0 saturated heterocycles. The molecule has 1 aliphatic rings. The second-order valence-corrected chi connectivity index (χ2v) is 5.24. The lowest BCUT2D eigenvalue weighted by molar-refractivity contribution is 0.101. The van der Waals surface area contributed by atoms with E-state index >= 15 is 0 Å². The summed E-state index contributed by atoms with van der Waals surface area (Å²) in [5, 5.41) is 0. The van der Waals surface area contributed by atoms with Crippen LogP contribution in [0.15, 0.2) is 42.5 Å². The molecule has 3 rings (SSSR count). The number of carbonyl (C=O) groups is 1. The molecule has 0 saturated carbocycles. The minimum absolute atomic E-state index is 0.115. The van der Waals surface area contributed by atoms with Crippen LogP contribution in [0.4, 0.5) is 15.8 Å². The van der Waals surface area contributed by atoms with Crippen molar-refractivity contribution >= 4 is 17.2 Å². The number of nitrogens with zero attached hydrogens (tertiary/aromatic N) is 1. The SMILES string of the molecule is CC(=O)c1cccc(F)c1N1c2ccccc2CC1C. The van der Waals surface area contributed by atoms with Crippen LogP contribution in [0.25, 0.3) is 0 Å². The summed E-state index contributed by atoms with van der Waals surface area (Å²) in [6, 6.07) is 12.8. The molecule has 0 radical (unpaired) electrons. The third kappa shape index (κ3) is 1.90. The van der Waals surface area contributed by atoms with E-state index in [9.17, 15) is 9.18 Å². The van der Waals surface area contributed by atoms with Gasteiger partial charge in [-0.15, -0.1) is 0 Å². The van der Waals surface area contributed by atoms with Crippen molar-refractivity contribution in [2.45, 2.75) is 26.3 Å². The molecule has 0 N–H and O–H groups in total. The zero-order valence-electron chi connectivity index (χ0n) is 11.6. The van der Waals surface area contributed by atoms with Gasteiger partial charge in [0.2, 0.25) is 0 Å². The van der Waals surface area contributed by atoms with Crippen LogP contribution in [0.3, 0.4) is 0 Å². The molecule has 1 heterocycles. The highest BCUT2D eigenvalue weighted by Crippen LogP contribution is 2.40. The van der Waals surface area contributed by atoms with E-state index in [-0.39, 0.29) is 17.6 Å². The quantitative estimate of drug-likeness (QED) is 0.765. The highest BCUT2D eigenvalue weighted by molar-refractivity contribution is 6.01. The monoisotopic (exact) mass is 269 g/mol. The lowest BCUT2D eigenvalue weighted by Crippen LogP contribution is -2.26. The summed E-state index contributed by atoms with van der Waals surface area (Å²) in [6.45, 7) is 3.53. The molecule has 1 unspecified atom stereocenters. The fourth-order valence-corrected chi connectivity index (χ4v) is 2.95. The number of carbonyl (C=O) groups excluding carboxylic acids is 1. The normalized spacial score (nSPS) is 17.1. The Balaban J connectivity index is 2.22. The maximum atomic E-state index is 14.3. The molecule has 1 atom stereocenters. The van der Waals surface area contributed by atoms with Gasteiger partial charge in [0.1, 0.15) is 5.82 Å². The molecule has 0 spiro atoms. The predicted octanol–water partition coefficient (Wildman–Crippen LogP) is 4.11. The highest BCUT2D eigenvalue weighted by atomic mass is 19.1. The van der Waals surface area contributed by atoms with E-state index in [1.54, 1.807) is 12.1 Å². The summed E-state index contributed by atoms with van der Waals surface area (Å²) < 4.78 is 14.3. The van der Waals surface area contributed by atoms with Gasteiger partial charge in [0.15, 0.2) is 5.78 Å². The largest absolute Gasteiger partial charge is 0.335 e. The van der Waals surface area contributed by atoms with E-state index in [0.29, 0.717) is 11.3 Å². The Labute approximate surface area is 117 Å². The number of benzene rings is 2. The topological polar surface area (TPSA) is 20.3 Å². The molecule has 3 heteroatoms. The minimum atomic E-state index is -0.346. The Morgan fingerprint density at radius 2 is 1.95 bits per heavy atom. The van der Waals surface area contributed by atoms with E-state index in [2.05, 4.69) is 13.0 Å². The molecule has 2 aromatic rings. The fourth-order valence-electron chi connectivity index (χ4n) is 2.95. The molecule has 0 fully saturated rings. The van der Waals surface area contributed by atoms with Crippen LogP contribution in [0, 0.1) is 5.82 Å². The second kappa shape index (κ2) is 4.75. The Kier molecular flexibility index (Phi) is 3.05. The molecule has 1 aliphatic heterocycles. The summed E-state index contributed by atoms with van der Waals surface area (Å²) >= 11 is 0. The van der Waals surface area contributed by atoms with Crippen molar-refractivity contribution in [2.75, 3.05) is 4.90 Å². The van der Waals surface area contributed by atoms with Crippen LogP contribution in [0.2, 0.25) is 0 Å². The number of hydrogen-bond acceptors (Lipinski definition) is 2. The van der Waals surface area contributed by atoms with Crippen molar-refractivity contribution in [3.63, 3.8) is 0 Å². The van der Waals surface area contributed by atoms with Gasteiger partial charge in [-0.2, -0.15) is 0 Å². The third-order valence-electron chi connectivity index (χ3n) is 3.81. The molecular formula is C17H16FNO. The third-order valence-corrected chi connectivity index (χ3v) is 3.81. The van der Waals surface area contributed by atoms with Crippen LogP contribution >= 0.6 is 0 Å². The number of hydrogen-bond donors (Lipinski definition) is 0. The fraction of sp³-hybridized carbons (Fsp3) is 0.235. The lowest BCUT2D eigenvalue weighted by Gasteiger charge is -2.27. The summed E-state index contributed by atoms with van der Waals surface area (Å²) in [5.41, 5.74) is 3.02. The van der Waals surface area contributed by atoms with Gasteiger partial charge in [0, 0.05) is 17.3 Å². The average Bonchev–Trinajstić information content (AvgIpc) is 2.74. The van der Waals surface area contributed by atoms with Crippen molar-refractivity contribution in [3.05, 3.63) is 59.4 Å². The van der Waals surface area contributed by atoms with Gasteiger partial charge in [0.05, 0.1) is 5.69 Å². The number of rotatable bonds is 2. The molecule has 102 valence electrons. The zero-order chi connectivity index (χ0) is 14.3.